The maximum absolute atomic E-state index is 12.0. The van der Waals surface area contributed by atoms with Crippen LogP contribution >= 0.6 is 22.7 Å². The van der Waals surface area contributed by atoms with Crippen LogP contribution in [0.3, 0.4) is 0 Å². The smallest absolute Gasteiger partial charge is 0.261 e. The number of amides is 3. The molecule has 3 amide bonds. The van der Waals surface area contributed by atoms with Crippen LogP contribution in [0.5, 0.6) is 0 Å². The molecule has 3 rings (SSSR count). The molecule has 3 heterocycles. The molecular formula is C17H16N4O4S2. The molecule has 10 heteroatoms. The van der Waals surface area contributed by atoms with Crippen molar-refractivity contribution < 1.29 is 18.8 Å². The molecule has 3 aromatic rings. The fourth-order valence-corrected chi connectivity index (χ4v) is 3.44. The van der Waals surface area contributed by atoms with Crippen LogP contribution < -0.4 is 16.0 Å². The van der Waals surface area contributed by atoms with Crippen LogP contribution in [0, 0.1) is 0 Å². The van der Waals surface area contributed by atoms with Crippen LogP contribution in [0.1, 0.15) is 22.4 Å². The number of nitrogens with zero attached hydrogens (tertiary/aromatic N) is 1. The predicted octanol–water partition coefficient (Wildman–Crippen LogP) is 2.47. The van der Waals surface area contributed by atoms with Crippen molar-refractivity contribution in [3.63, 3.8) is 0 Å². The monoisotopic (exact) mass is 404 g/mol. The van der Waals surface area contributed by atoms with Gasteiger partial charge in [0.25, 0.3) is 5.91 Å². The van der Waals surface area contributed by atoms with Crippen molar-refractivity contribution in [1.82, 2.24) is 15.6 Å². The Hall–Kier alpha value is -2.98. The summed E-state index contributed by atoms with van der Waals surface area (Å²) in [5, 5.41) is 11.8. The van der Waals surface area contributed by atoms with E-state index in [1.807, 2.05) is 0 Å². The Morgan fingerprint density at radius 1 is 1.15 bits per heavy atom. The second-order valence-corrected chi connectivity index (χ2v) is 7.23. The molecular weight excluding hydrogens is 388 g/mol. The topological polar surface area (TPSA) is 113 Å². The molecule has 3 N–H and O–H groups in total. The first-order valence-corrected chi connectivity index (χ1v) is 9.68. The zero-order valence-electron chi connectivity index (χ0n) is 14.3. The maximum Gasteiger partial charge on any atom is 0.261 e. The van der Waals surface area contributed by atoms with Crippen LogP contribution in [0.15, 0.2) is 39.4 Å². The molecule has 0 aliphatic rings. The highest BCUT2D eigenvalue weighted by molar-refractivity contribution is 7.14. The molecule has 27 heavy (non-hydrogen) atoms. The molecule has 0 aliphatic carbocycles. The Balaban J connectivity index is 1.52. The van der Waals surface area contributed by atoms with Gasteiger partial charge in [-0.1, -0.05) is 6.07 Å². The largest absolute Gasteiger partial charge is 0.458 e. The van der Waals surface area contributed by atoms with Gasteiger partial charge in [-0.2, -0.15) is 0 Å². The molecule has 0 aliphatic heterocycles. The molecule has 140 valence electrons. The average Bonchev–Trinajstić information content (AvgIpc) is 3.38. The standard InChI is InChI=1S/C17H16N4O4S2/c1-10(22)18-7-11-4-5-13(25-11)12-9-27-17(20-12)21-15(23)8-19-16(24)14-3-2-6-26-14/h2-6,9H,7-8H2,1H3,(H,18,22)(H,19,24)(H,20,21,23). The summed E-state index contributed by atoms with van der Waals surface area (Å²) in [7, 11) is 0. The Labute approximate surface area is 162 Å². The van der Waals surface area contributed by atoms with Gasteiger partial charge in [-0.05, 0) is 23.6 Å². The van der Waals surface area contributed by atoms with E-state index in [-0.39, 0.29) is 24.3 Å². The van der Waals surface area contributed by atoms with Crippen molar-refractivity contribution in [3.05, 3.63) is 45.7 Å². The van der Waals surface area contributed by atoms with Crippen molar-refractivity contribution in [3.8, 4) is 11.5 Å². The molecule has 8 nitrogen and oxygen atoms in total. The number of anilines is 1. The van der Waals surface area contributed by atoms with Crippen LogP contribution in [-0.4, -0.2) is 29.3 Å². The summed E-state index contributed by atoms with van der Waals surface area (Å²) in [4.78, 5) is 39.6. The highest BCUT2D eigenvalue weighted by Crippen LogP contribution is 2.26. The second kappa shape index (κ2) is 8.60. The first kappa shape index (κ1) is 18.8. The Morgan fingerprint density at radius 3 is 2.74 bits per heavy atom. The number of nitrogens with one attached hydrogen (secondary N) is 3. The summed E-state index contributed by atoms with van der Waals surface area (Å²) in [5.41, 5.74) is 0.576. The van der Waals surface area contributed by atoms with Gasteiger partial charge < -0.3 is 20.4 Å². The second-order valence-electron chi connectivity index (χ2n) is 5.42. The van der Waals surface area contributed by atoms with Crippen molar-refractivity contribution in [2.24, 2.45) is 0 Å². The quantitative estimate of drug-likeness (QED) is 0.560. The lowest BCUT2D eigenvalue weighted by atomic mass is 10.3. The first-order chi connectivity index (χ1) is 13.0. The van der Waals surface area contributed by atoms with E-state index in [1.54, 1.807) is 35.0 Å². The molecule has 3 aromatic heterocycles. The molecule has 0 unspecified atom stereocenters. The van der Waals surface area contributed by atoms with Crippen LogP contribution in [0.4, 0.5) is 5.13 Å². The SMILES string of the molecule is CC(=O)NCc1ccc(-c2csc(NC(=O)CNC(=O)c3cccs3)n2)o1. The summed E-state index contributed by atoms with van der Waals surface area (Å²) >= 11 is 2.56. The number of aromatic nitrogens is 1. The number of carbonyl (C=O) groups excluding carboxylic acids is 3. The molecule has 0 radical (unpaired) electrons. The lowest BCUT2D eigenvalue weighted by molar-refractivity contribution is -0.119. The fraction of sp³-hybridized carbons (Fsp3) is 0.176. The number of rotatable bonds is 7. The van der Waals surface area contributed by atoms with E-state index in [4.69, 9.17) is 4.42 Å². The third-order valence-corrected chi connectivity index (χ3v) is 4.96. The third kappa shape index (κ3) is 5.25. The van der Waals surface area contributed by atoms with Crippen LogP contribution in [-0.2, 0) is 16.1 Å². The minimum Gasteiger partial charge on any atom is -0.458 e. The highest BCUT2D eigenvalue weighted by Gasteiger charge is 2.13. The van der Waals surface area contributed by atoms with E-state index in [0.29, 0.717) is 33.8 Å². The molecule has 0 fully saturated rings. The number of thiophene rings is 1. The van der Waals surface area contributed by atoms with E-state index in [0.717, 1.165) is 0 Å². The summed E-state index contributed by atoms with van der Waals surface area (Å²) < 4.78 is 5.62. The Bertz CT molecular complexity index is 946. The zero-order valence-corrected chi connectivity index (χ0v) is 15.9. The summed E-state index contributed by atoms with van der Waals surface area (Å²) in [5.74, 6) is 0.347. The van der Waals surface area contributed by atoms with Crippen LogP contribution in [0.2, 0.25) is 0 Å². The van der Waals surface area contributed by atoms with Gasteiger partial charge in [0.15, 0.2) is 10.9 Å². The summed E-state index contributed by atoms with van der Waals surface area (Å²) in [6, 6.07) is 6.96. The minimum atomic E-state index is -0.369. The minimum absolute atomic E-state index is 0.141. The lowest BCUT2D eigenvalue weighted by Crippen LogP contribution is -2.32. The zero-order chi connectivity index (χ0) is 19.2. The van der Waals surface area contributed by atoms with Crippen molar-refractivity contribution >= 4 is 45.5 Å². The fourth-order valence-electron chi connectivity index (χ4n) is 2.09. The van der Waals surface area contributed by atoms with Gasteiger partial charge in [0.1, 0.15) is 11.5 Å². The molecule has 0 saturated heterocycles. The average molecular weight is 404 g/mol. The molecule has 0 saturated carbocycles. The molecule has 0 atom stereocenters. The third-order valence-electron chi connectivity index (χ3n) is 3.33. The first-order valence-electron chi connectivity index (χ1n) is 7.92. The van der Waals surface area contributed by atoms with E-state index in [9.17, 15) is 14.4 Å². The number of furan rings is 1. The Morgan fingerprint density at radius 2 is 2.00 bits per heavy atom. The van der Waals surface area contributed by atoms with Crippen molar-refractivity contribution in [1.29, 1.82) is 0 Å². The maximum atomic E-state index is 12.0. The van der Waals surface area contributed by atoms with Gasteiger partial charge in [0, 0.05) is 12.3 Å². The van der Waals surface area contributed by atoms with Gasteiger partial charge in [-0.3, -0.25) is 14.4 Å². The van der Waals surface area contributed by atoms with E-state index >= 15 is 0 Å². The van der Waals surface area contributed by atoms with Crippen LogP contribution in [0.25, 0.3) is 11.5 Å². The molecule has 0 bridgehead atoms. The van der Waals surface area contributed by atoms with Gasteiger partial charge in [0.2, 0.25) is 11.8 Å². The summed E-state index contributed by atoms with van der Waals surface area (Å²) in [6.07, 6.45) is 0. The number of hydrogen-bond acceptors (Lipinski definition) is 7. The lowest BCUT2D eigenvalue weighted by Gasteiger charge is -2.03. The normalized spacial score (nSPS) is 10.4. The van der Waals surface area contributed by atoms with Crippen molar-refractivity contribution in [2.45, 2.75) is 13.5 Å². The van der Waals surface area contributed by atoms with Crippen molar-refractivity contribution in [2.75, 3.05) is 11.9 Å². The number of thiazole rings is 1. The van der Waals surface area contributed by atoms with E-state index in [1.165, 1.54) is 29.6 Å². The Kier molecular flexibility index (Phi) is 5.99. The van der Waals surface area contributed by atoms with Gasteiger partial charge >= 0.3 is 0 Å². The van der Waals surface area contributed by atoms with E-state index in [2.05, 4.69) is 20.9 Å². The van der Waals surface area contributed by atoms with Gasteiger partial charge in [-0.25, -0.2) is 4.98 Å². The number of hydrogen-bond donors (Lipinski definition) is 3. The predicted molar refractivity (Wildman–Crippen MR) is 103 cm³/mol. The molecule has 0 aromatic carbocycles. The molecule has 0 spiro atoms. The number of carbonyl (C=O) groups is 3. The highest BCUT2D eigenvalue weighted by atomic mass is 32.1. The summed E-state index contributed by atoms with van der Waals surface area (Å²) in [6.45, 7) is 1.59. The van der Waals surface area contributed by atoms with Gasteiger partial charge in [0.05, 0.1) is 18.0 Å². The van der Waals surface area contributed by atoms with E-state index < -0.39 is 0 Å². The van der Waals surface area contributed by atoms with Gasteiger partial charge in [-0.15, -0.1) is 22.7 Å².